The average molecular weight is 443 g/mol. The Kier molecular flexibility index (Phi) is 5.35. The highest BCUT2D eigenvalue weighted by atomic mass is 79.9. The van der Waals surface area contributed by atoms with E-state index in [1.165, 1.54) is 6.33 Å². The van der Waals surface area contributed by atoms with Gasteiger partial charge >= 0.3 is 0 Å². The number of aryl methyl sites for hydroxylation is 2. The number of benzene rings is 1. The van der Waals surface area contributed by atoms with Gasteiger partial charge in [0.15, 0.2) is 0 Å². The van der Waals surface area contributed by atoms with Crippen LogP contribution in [0.2, 0.25) is 0 Å². The molecule has 0 saturated carbocycles. The first-order valence-electron chi connectivity index (χ1n) is 9.50. The first-order chi connectivity index (χ1) is 13.5. The second kappa shape index (κ2) is 7.91. The molecule has 1 aliphatic heterocycles. The highest BCUT2D eigenvalue weighted by Gasteiger charge is 2.28. The van der Waals surface area contributed by atoms with Crippen molar-refractivity contribution in [2.45, 2.75) is 33.2 Å². The predicted molar refractivity (Wildman–Crippen MR) is 112 cm³/mol. The minimum absolute atomic E-state index is 0.0563. The van der Waals surface area contributed by atoms with E-state index in [9.17, 15) is 4.79 Å². The van der Waals surface area contributed by atoms with Crippen molar-refractivity contribution >= 4 is 38.8 Å². The molecule has 1 saturated heterocycles. The number of hydrogen-bond donors (Lipinski definition) is 1. The molecular weight excluding hydrogens is 420 g/mol. The summed E-state index contributed by atoms with van der Waals surface area (Å²) in [6, 6.07) is 7.99. The molecule has 3 aromatic rings. The van der Waals surface area contributed by atoms with Gasteiger partial charge < -0.3 is 14.6 Å². The van der Waals surface area contributed by atoms with E-state index in [0.717, 1.165) is 52.0 Å². The highest BCUT2D eigenvalue weighted by Crippen LogP contribution is 2.32. The number of fused-ring (bicyclic) bond motifs is 1. The number of halogens is 1. The van der Waals surface area contributed by atoms with E-state index >= 15 is 0 Å². The molecule has 1 fully saturated rings. The molecule has 1 atom stereocenters. The first kappa shape index (κ1) is 18.9. The third-order valence-electron chi connectivity index (χ3n) is 5.39. The van der Waals surface area contributed by atoms with Gasteiger partial charge in [-0.05, 0) is 44.4 Å². The van der Waals surface area contributed by atoms with Crippen molar-refractivity contribution in [2.24, 2.45) is 5.92 Å². The highest BCUT2D eigenvalue weighted by molar-refractivity contribution is 9.10. The smallest absolute Gasteiger partial charge is 0.231 e. The summed E-state index contributed by atoms with van der Waals surface area (Å²) in [5.41, 5.74) is 2.76. The fourth-order valence-corrected chi connectivity index (χ4v) is 4.21. The van der Waals surface area contributed by atoms with E-state index in [0.29, 0.717) is 18.8 Å². The number of carbonyl (C=O) groups excluding carboxylic acids is 1. The van der Waals surface area contributed by atoms with Gasteiger partial charge in [-0.3, -0.25) is 4.79 Å². The third-order valence-corrected chi connectivity index (χ3v) is 5.89. The topological polar surface area (TPSA) is 71.3 Å². The van der Waals surface area contributed by atoms with Crippen LogP contribution in [0.1, 0.15) is 29.7 Å². The van der Waals surface area contributed by atoms with Crippen molar-refractivity contribution in [1.82, 2.24) is 15.3 Å². The van der Waals surface area contributed by atoms with E-state index < -0.39 is 0 Å². The maximum Gasteiger partial charge on any atom is 0.231 e. The lowest BCUT2D eigenvalue weighted by Crippen LogP contribution is -2.43. The average Bonchev–Trinajstić information content (AvgIpc) is 3.00. The van der Waals surface area contributed by atoms with Crippen molar-refractivity contribution in [3.05, 3.63) is 52.0 Å². The van der Waals surface area contributed by atoms with Gasteiger partial charge in [0.25, 0.3) is 0 Å². The Hall–Kier alpha value is -2.41. The summed E-state index contributed by atoms with van der Waals surface area (Å²) in [5, 5.41) is 4.04. The molecule has 6 nitrogen and oxygen atoms in total. The van der Waals surface area contributed by atoms with Gasteiger partial charge in [0.2, 0.25) is 11.6 Å². The van der Waals surface area contributed by atoms with Crippen LogP contribution in [0.5, 0.6) is 0 Å². The van der Waals surface area contributed by atoms with Crippen LogP contribution in [0, 0.1) is 19.8 Å². The van der Waals surface area contributed by atoms with Crippen LogP contribution in [0.3, 0.4) is 0 Å². The number of aromatic nitrogens is 2. The number of piperidine rings is 1. The molecule has 0 unspecified atom stereocenters. The minimum atomic E-state index is -0.0563. The Morgan fingerprint density at radius 1 is 1.36 bits per heavy atom. The molecule has 146 valence electrons. The van der Waals surface area contributed by atoms with Gasteiger partial charge in [-0.1, -0.05) is 28.1 Å². The summed E-state index contributed by atoms with van der Waals surface area (Å²) in [5.74, 6) is 1.76. The summed E-state index contributed by atoms with van der Waals surface area (Å²) >= 11 is 3.47. The van der Waals surface area contributed by atoms with Gasteiger partial charge in [0.1, 0.15) is 17.9 Å². The van der Waals surface area contributed by atoms with E-state index in [-0.39, 0.29) is 11.8 Å². The van der Waals surface area contributed by atoms with Crippen LogP contribution in [0.25, 0.3) is 11.1 Å². The second-order valence-electron chi connectivity index (χ2n) is 7.29. The van der Waals surface area contributed by atoms with Crippen molar-refractivity contribution in [3.63, 3.8) is 0 Å². The number of amides is 1. The Morgan fingerprint density at radius 3 is 3.04 bits per heavy atom. The molecule has 1 N–H and O–H groups in total. The lowest BCUT2D eigenvalue weighted by atomic mass is 9.96. The molecule has 1 aliphatic rings. The lowest BCUT2D eigenvalue weighted by Gasteiger charge is -2.33. The molecule has 4 rings (SSSR count). The number of hydrogen-bond acceptors (Lipinski definition) is 5. The Labute approximate surface area is 172 Å². The van der Waals surface area contributed by atoms with Crippen LogP contribution in [-0.2, 0) is 11.3 Å². The largest absolute Gasteiger partial charge is 0.443 e. The van der Waals surface area contributed by atoms with E-state index in [4.69, 9.17) is 4.42 Å². The first-order valence-corrected chi connectivity index (χ1v) is 10.3. The summed E-state index contributed by atoms with van der Waals surface area (Å²) in [7, 11) is 0. The zero-order valence-corrected chi connectivity index (χ0v) is 17.6. The fraction of sp³-hybridized carbons (Fsp3) is 0.381. The van der Waals surface area contributed by atoms with E-state index in [2.05, 4.69) is 36.1 Å². The Bertz CT molecular complexity index is 1020. The zero-order valence-electron chi connectivity index (χ0n) is 16.0. The molecule has 0 aliphatic carbocycles. The number of anilines is 1. The second-order valence-corrected chi connectivity index (χ2v) is 8.21. The number of rotatable bonds is 4. The van der Waals surface area contributed by atoms with Crippen LogP contribution < -0.4 is 10.2 Å². The molecule has 0 spiro atoms. The maximum absolute atomic E-state index is 12.8. The van der Waals surface area contributed by atoms with Gasteiger partial charge in [0, 0.05) is 29.7 Å². The number of furan rings is 1. The molecule has 0 bridgehead atoms. The lowest BCUT2D eigenvalue weighted by molar-refractivity contribution is -0.125. The van der Waals surface area contributed by atoms with Gasteiger partial charge in [-0.25, -0.2) is 9.97 Å². The monoisotopic (exact) mass is 442 g/mol. The van der Waals surface area contributed by atoms with Crippen LogP contribution in [0.15, 0.2) is 39.5 Å². The van der Waals surface area contributed by atoms with E-state index in [1.54, 1.807) is 0 Å². The molecule has 1 aromatic carbocycles. The van der Waals surface area contributed by atoms with Crippen molar-refractivity contribution in [3.8, 4) is 0 Å². The number of nitrogens with zero attached hydrogens (tertiary/aromatic N) is 3. The Morgan fingerprint density at radius 2 is 2.21 bits per heavy atom. The predicted octanol–water partition coefficient (Wildman–Crippen LogP) is 4.13. The third kappa shape index (κ3) is 3.76. The van der Waals surface area contributed by atoms with Gasteiger partial charge in [-0.15, -0.1) is 0 Å². The van der Waals surface area contributed by atoms with E-state index in [1.807, 2.05) is 38.1 Å². The summed E-state index contributed by atoms with van der Waals surface area (Å²) in [6.45, 7) is 6.03. The molecule has 7 heteroatoms. The molecule has 3 heterocycles. The summed E-state index contributed by atoms with van der Waals surface area (Å²) in [6.07, 6.45) is 3.38. The van der Waals surface area contributed by atoms with Crippen LogP contribution in [0.4, 0.5) is 5.82 Å². The minimum Gasteiger partial charge on any atom is -0.443 e. The zero-order chi connectivity index (χ0) is 19.7. The molecular formula is C21H23BrN4O2. The molecule has 28 heavy (non-hydrogen) atoms. The fourth-order valence-electron chi connectivity index (χ4n) is 3.77. The Balaban J connectivity index is 1.48. The maximum atomic E-state index is 12.8. The molecule has 0 radical (unpaired) electrons. The van der Waals surface area contributed by atoms with Crippen LogP contribution in [-0.4, -0.2) is 29.0 Å². The van der Waals surface area contributed by atoms with Gasteiger partial charge in [-0.2, -0.15) is 0 Å². The number of carbonyl (C=O) groups is 1. The summed E-state index contributed by atoms with van der Waals surface area (Å²) < 4.78 is 6.76. The number of nitrogens with one attached hydrogen (secondary N) is 1. The molecule has 2 aromatic heterocycles. The van der Waals surface area contributed by atoms with Crippen molar-refractivity contribution < 1.29 is 9.21 Å². The summed E-state index contributed by atoms with van der Waals surface area (Å²) in [4.78, 5) is 23.7. The standard InChI is InChI=1S/C21H23BrN4O2/c1-13-14(2)28-21-18(13)19(24-12-25-21)26-8-4-6-16(11-26)20(27)23-10-15-5-3-7-17(22)9-15/h3,5,7,9,12,16H,4,6,8,10-11H2,1-2H3,(H,23,27)/t16-/m1/s1. The van der Waals surface area contributed by atoms with Crippen molar-refractivity contribution in [2.75, 3.05) is 18.0 Å². The molecule has 1 amide bonds. The normalized spacial score (nSPS) is 17.1. The van der Waals surface area contributed by atoms with Crippen molar-refractivity contribution in [1.29, 1.82) is 0 Å². The van der Waals surface area contributed by atoms with Gasteiger partial charge in [0.05, 0.1) is 11.3 Å². The SMILES string of the molecule is Cc1oc2ncnc(N3CCC[C@@H](C(=O)NCc4cccc(Br)c4)C3)c2c1C. The quantitative estimate of drug-likeness (QED) is 0.657. The van der Waals surface area contributed by atoms with Crippen LogP contribution >= 0.6 is 15.9 Å².